The van der Waals surface area contributed by atoms with Crippen molar-refractivity contribution in [3.63, 3.8) is 0 Å². The summed E-state index contributed by atoms with van der Waals surface area (Å²) in [6, 6.07) is 0.541. The van der Waals surface area contributed by atoms with Gasteiger partial charge in [-0.15, -0.1) is 0 Å². The topological polar surface area (TPSA) is 40.5 Å². The quantitative estimate of drug-likeness (QED) is 0.709. The first-order valence-corrected chi connectivity index (χ1v) is 5.82. The fourth-order valence-corrected chi connectivity index (χ4v) is 1.48. The van der Waals surface area contributed by atoms with Crippen molar-refractivity contribution in [1.29, 1.82) is 0 Å². The van der Waals surface area contributed by atoms with Crippen LogP contribution in [0.4, 0.5) is 0 Å². The molecule has 0 radical (unpaired) electrons. The van der Waals surface area contributed by atoms with Crippen LogP contribution in [-0.2, 0) is 4.79 Å². The maximum absolute atomic E-state index is 10.9. The molecule has 0 rings (SSSR count). The fourth-order valence-electron chi connectivity index (χ4n) is 1.48. The van der Waals surface area contributed by atoms with Gasteiger partial charge in [0, 0.05) is 6.04 Å². The molecule has 15 heavy (non-hydrogen) atoms. The zero-order chi connectivity index (χ0) is 12.1. The van der Waals surface area contributed by atoms with Crippen LogP contribution in [0.25, 0.3) is 0 Å². The number of hydrogen-bond acceptors (Lipinski definition) is 2. The molecular weight excluding hydrogens is 190 g/mol. The molecule has 3 nitrogen and oxygen atoms in total. The average Bonchev–Trinajstić information content (AvgIpc) is 2.17. The van der Waals surface area contributed by atoms with E-state index >= 15 is 0 Å². The molecule has 0 aliphatic carbocycles. The lowest BCUT2D eigenvalue weighted by Gasteiger charge is -2.30. The number of hydrogen-bond donors (Lipinski definition) is 1. The lowest BCUT2D eigenvalue weighted by atomic mass is 9.89. The van der Waals surface area contributed by atoms with Gasteiger partial charge in [-0.25, -0.2) is 0 Å². The molecule has 0 spiro atoms. The van der Waals surface area contributed by atoms with E-state index in [1.807, 2.05) is 0 Å². The van der Waals surface area contributed by atoms with E-state index in [-0.39, 0.29) is 0 Å². The number of rotatable bonds is 7. The molecule has 1 N–H and O–H groups in total. The van der Waals surface area contributed by atoms with Crippen LogP contribution >= 0.6 is 0 Å². The predicted octanol–water partition coefficient (Wildman–Crippen LogP) is 2.61. The SMILES string of the molecule is CCC(C)N(CC)CCC(C)(C)C(=O)O. The summed E-state index contributed by atoms with van der Waals surface area (Å²) in [6.07, 6.45) is 1.82. The van der Waals surface area contributed by atoms with Crippen molar-refractivity contribution in [1.82, 2.24) is 4.90 Å². The maximum Gasteiger partial charge on any atom is 0.309 e. The average molecular weight is 215 g/mol. The van der Waals surface area contributed by atoms with Crippen LogP contribution in [-0.4, -0.2) is 35.1 Å². The Morgan fingerprint density at radius 2 is 1.93 bits per heavy atom. The Kier molecular flexibility index (Phi) is 5.88. The van der Waals surface area contributed by atoms with Crippen LogP contribution in [0.3, 0.4) is 0 Å². The molecule has 0 saturated heterocycles. The normalized spacial score (nSPS) is 14.3. The number of nitrogens with zero attached hydrogens (tertiary/aromatic N) is 1. The third-order valence-electron chi connectivity index (χ3n) is 3.22. The molecule has 90 valence electrons. The van der Waals surface area contributed by atoms with E-state index < -0.39 is 11.4 Å². The Labute approximate surface area is 93.5 Å². The molecule has 0 aliphatic rings. The highest BCUT2D eigenvalue weighted by Crippen LogP contribution is 2.21. The highest BCUT2D eigenvalue weighted by atomic mass is 16.4. The Hall–Kier alpha value is -0.570. The number of aliphatic carboxylic acids is 1. The molecule has 1 atom stereocenters. The first-order chi connectivity index (χ1) is 6.85. The molecule has 0 aromatic rings. The Morgan fingerprint density at radius 3 is 2.27 bits per heavy atom. The maximum atomic E-state index is 10.9. The van der Waals surface area contributed by atoms with Gasteiger partial charge in [-0.2, -0.15) is 0 Å². The van der Waals surface area contributed by atoms with Gasteiger partial charge in [0.05, 0.1) is 5.41 Å². The zero-order valence-electron chi connectivity index (χ0n) is 10.7. The van der Waals surface area contributed by atoms with Gasteiger partial charge in [-0.05, 0) is 46.7 Å². The van der Waals surface area contributed by atoms with Gasteiger partial charge < -0.3 is 10.0 Å². The van der Waals surface area contributed by atoms with Gasteiger partial charge in [0.15, 0.2) is 0 Å². The van der Waals surface area contributed by atoms with E-state index in [1.165, 1.54) is 0 Å². The molecule has 0 heterocycles. The second-order valence-electron chi connectivity index (χ2n) is 4.82. The highest BCUT2D eigenvalue weighted by Gasteiger charge is 2.27. The van der Waals surface area contributed by atoms with Crippen LogP contribution in [0.15, 0.2) is 0 Å². The lowest BCUT2D eigenvalue weighted by molar-refractivity contribution is -0.147. The van der Waals surface area contributed by atoms with Crippen LogP contribution in [0.5, 0.6) is 0 Å². The Bertz CT molecular complexity index is 202. The summed E-state index contributed by atoms with van der Waals surface area (Å²) in [5.74, 6) is -0.706. The van der Waals surface area contributed by atoms with Crippen molar-refractivity contribution in [2.24, 2.45) is 5.41 Å². The summed E-state index contributed by atoms with van der Waals surface area (Å²) >= 11 is 0. The molecule has 0 aromatic heterocycles. The minimum Gasteiger partial charge on any atom is -0.481 e. The van der Waals surface area contributed by atoms with Crippen molar-refractivity contribution >= 4 is 5.97 Å². The van der Waals surface area contributed by atoms with Crippen LogP contribution in [0, 0.1) is 5.41 Å². The van der Waals surface area contributed by atoms with E-state index in [2.05, 4.69) is 25.7 Å². The van der Waals surface area contributed by atoms with Gasteiger partial charge in [0.2, 0.25) is 0 Å². The van der Waals surface area contributed by atoms with Crippen molar-refractivity contribution in [2.45, 2.75) is 53.5 Å². The molecule has 0 fully saturated rings. The Morgan fingerprint density at radius 1 is 1.40 bits per heavy atom. The second kappa shape index (κ2) is 6.11. The first kappa shape index (κ1) is 14.4. The van der Waals surface area contributed by atoms with Gasteiger partial charge in [-0.1, -0.05) is 13.8 Å². The molecule has 0 bridgehead atoms. The van der Waals surface area contributed by atoms with Crippen molar-refractivity contribution < 1.29 is 9.90 Å². The minimum absolute atomic E-state index is 0.541. The van der Waals surface area contributed by atoms with E-state index in [9.17, 15) is 4.79 Å². The highest BCUT2D eigenvalue weighted by molar-refractivity contribution is 5.73. The number of carboxylic acids is 1. The molecular formula is C12H25NO2. The third-order valence-corrected chi connectivity index (χ3v) is 3.22. The molecule has 0 aliphatic heterocycles. The monoisotopic (exact) mass is 215 g/mol. The minimum atomic E-state index is -0.706. The number of carbonyl (C=O) groups is 1. The van der Waals surface area contributed by atoms with Crippen LogP contribution in [0.2, 0.25) is 0 Å². The van der Waals surface area contributed by atoms with E-state index in [4.69, 9.17) is 5.11 Å². The third kappa shape index (κ3) is 4.65. The molecule has 0 saturated carbocycles. The van der Waals surface area contributed by atoms with E-state index in [0.29, 0.717) is 12.5 Å². The summed E-state index contributed by atoms with van der Waals surface area (Å²) < 4.78 is 0. The first-order valence-electron chi connectivity index (χ1n) is 5.82. The predicted molar refractivity (Wildman–Crippen MR) is 63.0 cm³/mol. The molecule has 1 unspecified atom stereocenters. The van der Waals surface area contributed by atoms with Crippen LogP contribution in [0.1, 0.15) is 47.5 Å². The zero-order valence-corrected chi connectivity index (χ0v) is 10.7. The van der Waals surface area contributed by atoms with E-state index in [0.717, 1.165) is 19.5 Å². The summed E-state index contributed by atoms with van der Waals surface area (Å²) in [7, 11) is 0. The van der Waals surface area contributed by atoms with Crippen LogP contribution < -0.4 is 0 Å². The summed E-state index contributed by atoms with van der Waals surface area (Å²) in [5, 5.41) is 9.00. The molecule has 0 amide bonds. The fraction of sp³-hybridized carbons (Fsp3) is 0.917. The second-order valence-corrected chi connectivity index (χ2v) is 4.82. The summed E-state index contributed by atoms with van der Waals surface area (Å²) in [6.45, 7) is 11.9. The summed E-state index contributed by atoms with van der Waals surface area (Å²) in [5.41, 5.74) is -0.610. The lowest BCUT2D eigenvalue weighted by Crippen LogP contribution is -2.37. The van der Waals surface area contributed by atoms with Gasteiger partial charge in [-0.3, -0.25) is 4.79 Å². The van der Waals surface area contributed by atoms with Gasteiger partial charge >= 0.3 is 5.97 Å². The van der Waals surface area contributed by atoms with E-state index in [1.54, 1.807) is 13.8 Å². The van der Waals surface area contributed by atoms with Gasteiger partial charge in [0.1, 0.15) is 0 Å². The van der Waals surface area contributed by atoms with Gasteiger partial charge in [0.25, 0.3) is 0 Å². The largest absolute Gasteiger partial charge is 0.481 e. The smallest absolute Gasteiger partial charge is 0.309 e. The molecule has 3 heteroatoms. The molecule has 0 aromatic carbocycles. The van der Waals surface area contributed by atoms with Crippen molar-refractivity contribution in [2.75, 3.05) is 13.1 Å². The Balaban J connectivity index is 4.17. The number of carboxylic acid groups (broad SMARTS) is 1. The standard InChI is InChI=1S/C12H25NO2/c1-6-10(3)13(7-2)9-8-12(4,5)11(14)15/h10H,6-9H2,1-5H3,(H,14,15). The summed E-state index contributed by atoms with van der Waals surface area (Å²) in [4.78, 5) is 13.3. The van der Waals surface area contributed by atoms with Crippen molar-refractivity contribution in [3.8, 4) is 0 Å². The van der Waals surface area contributed by atoms with Crippen molar-refractivity contribution in [3.05, 3.63) is 0 Å².